The Hall–Kier alpha value is -1.32. The average Bonchev–Trinajstić information content (AvgIpc) is 2.23. The number of nitrogens with zero attached hydrogens (tertiary/aromatic N) is 1. The number of Topliss-reactive ketones (excluding diaryl/α,β-unsaturated/α-hetero) is 1. The molecule has 1 rings (SSSR count). The first kappa shape index (κ1) is 14.7. The van der Waals surface area contributed by atoms with Crippen molar-refractivity contribution in [2.24, 2.45) is 16.3 Å². The zero-order valence-corrected chi connectivity index (χ0v) is 11.9. The van der Waals surface area contributed by atoms with E-state index in [4.69, 9.17) is 10.6 Å². The quantitative estimate of drug-likeness (QED) is 0.604. The molecule has 0 amide bonds. The maximum Gasteiger partial charge on any atom is 0.167 e. The predicted molar refractivity (Wildman–Crippen MR) is 73.2 cm³/mol. The van der Waals surface area contributed by atoms with Crippen molar-refractivity contribution >= 4 is 11.5 Å². The Kier molecular flexibility index (Phi) is 4.93. The Labute approximate surface area is 109 Å². The van der Waals surface area contributed by atoms with Crippen LogP contribution in [0.5, 0.6) is 0 Å². The van der Waals surface area contributed by atoms with E-state index in [2.05, 4.69) is 25.9 Å². The third-order valence-electron chi connectivity index (χ3n) is 2.99. The van der Waals surface area contributed by atoms with Crippen LogP contribution in [0.1, 0.15) is 53.4 Å². The van der Waals surface area contributed by atoms with Crippen molar-refractivity contribution in [3.05, 3.63) is 11.3 Å². The summed E-state index contributed by atoms with van der Waals surface area (Å²) in [5.41, 5.74) is 7.99. The third kappa shape index (κ3) is 3.59. The summed E-state index contributed by atoms with van der Waals surface area (Å²) < 4.78 is 0. The highest BCUT2D eigenvalue weighted by Gasteiger charge is 2.33. The van der Waals surface area contributed by atoms with Gasteiger partial charge in [0.25, 0.3) is 0 Å². The maximum absolute atomic E-state index is 12.2. The van der Waals surface area contributed by atoms with E-state index in [0.717, 1.165) is 19.3 Å². The molecule has 0 atom stereocenters. The van der Waals surface area contributed by atoms with Gasteiger partial charge in [-0.2, -0.15) is 0 Å². The van der Waals surface area contributed by atoms with E-state index in [0.29, 0.717) is 30.0 Å². The molecule has 0 spiro atoms. The molecule has 2 N–H and O–H groups in total. The van der Waals surface area contributed by atoms with Gasteiger partial charge in [-0.05, 0) is 25.2 Å². The lowest BCUT2D eigenvalue weighted by Crippen LogP contribution is -2.32. The number of carbonyl (C=O) groups is 1. The fourth-order valence-corrected chi connectivity index (χ4v) is 2.31. The van der Waals surface area contributed by atoms with Crippen molar-refractivity contribution in [1.82, 2.24) is 0 Å². The molecule has 0 heterocycles. The van der Waals surface area contributed by atoms with Gasteiger partial charge in [-0.25, -0.2) is 0 Å². The summed E-state index contributed by atoms with van der Waals surface area (Å²) in [6, 6.07) is 0. The number of hydrogen-bond acceptors (Lipinski definition) is 4. The van der Waals surface area contributed by atoms with Crippen molar-refractivity contribution in [3.63, 3.8) is 0 Å². The highest BCUT2D eigenvalue weighted by molar-refractivity contribution is 6.23. The van der Waals surface area contributed by atoms with Crippen molar-refractivity contribution in [3.8, 4) is 0 Å². The van der Waals surface area contributed by atoms with Crippen LogP contribution in [0.2, 0.25) is 0 Å². The minimum Gasteiger partial charge on any atom is -0.401 e. The van der Waals surface area contributed by atoms with Gasteiger partial charge in [0.15, 0.2) is 5.78 Å². The van der Waals surface area contributed by atoms with Crippen LogP contribution in [-0.4, -0.2) is 18.1 Å². The van der Waals surface area contributed by atoms with Gasteiger partial charge >= 0.3 is 0 Å². The van der Waals surface area contributed by atoms with Gasteiger partial charge in [0.2, 0.25) is 0 Å². The molecule has 4 nitrogen and oxygen atoms in total. The summed E-state index contributed by atoms with van der Waals surface area (Å²) in [4.78, 5) is 17.3. The van der Waals surface area contributed by atoms with Crippen LogP contribution in [0, 0.1) is 5.41 Å². The smallest absolute Gasteiger partial charge is 0.167 e. The van der Waals surface area contributed by atoms with Crippen molar-refractivity contribution < 1.29 is 9.63 Å². The van der Waals surface area contributed by atoms with Crippen LogP contribution >= 0.6 is 0 Å². The molecule has 1 aliphatic carbocycles. The second-order valence-corrected chi connectivity index (χ2v) is 5.55. The number of nitrogens with two attached hydrogens (primary N) is 1. The summed E-state index contributed by atoms with van der Waals surface area (Å²) in [7, 11) is 0. The highest BCUT2D eigenvalue weighted by Crippen LogP contribution is 2.35. The van der Waals surface area contributed by atoms with Crippen molar-refractivity contribution in [1.29, 1.82) is 0 Å². The normalized spacial score (nSPS) is 20.2. The lowest BCUT2D eigenvalue weighted by molar-refractivity contribution is -0.117. The lowest BCUT2D eigenvalue weighted by Gasteiger charge is -2.30. The summed E-state index contributed by atoms with van der Waals surface area (Å²) >= 11 is 0. The Morgan fingerprint density at radius 2 is 2.06 bits per heavy atom. The molecule has 0 unspecified atom stereocenters. The van der Waals surface area contributed by atoms with Crippen LogP contribution in [-0.2, 0) is 9.63 Å². The molecule has 0 aromatic carbocycles. The minimum absolute atomic E-state index is 0.0480. The molecule has 0 fully saturated rings. The van der Waals surface area contributed by atoms with E-state index >= 15 is 0 Å². The fraction of sp³-hybridized carbons (Fsp3) is 0.714. The summed E-state index contributed by atoms with van der Waals surface area (Å²) in [6.45, 7) is 8.55. The number of allylic oxidation sites excluding steroid dienone is 2. The van der Waals surface area contributed by atoms with Gasteiger partial charge in [0.1, 0.15) is 6.61 Å². The van der Waals surface area contributed by atoms with Gasteiger partial charge < -0.3 is 10.6 Å². The molecule has 18 heavy (non-hydrogen) atoms. The molecular formula is C14H24N2O2. The van der Waals surface area contributed by atoms with Crippen LogP contribution in [0.15, 0.2) is 16.4 Å². The Bertz CT molecular complexity index is 381. The second-order valence-electron chi connectivity index (χ2n) is 5.55. The number of rotatable bonds is 5. The Balaban J connectivity index is 3.07. The first-order valence-electron chi connectivity index (χ1n) is 6.62. The minimum atomic E-state index is -0.0480. The van der Waals surface area contributed by atoms with Gasteiger partial charge in [-0.15, -0.1) is 0 Å². The molecule has 0 aliphatic heterocycles. The molecule has 0 bridgehead atoms. The summed E-state index contributed by atoms with van der Waals surface area (Å²) in [5, 5.41) is 4.06. The first-order valence-corrected chi connectivity index (χ1v) is 6.62. The molecular weight excluding hydrogens is 228 g/mol. The largest absolute Gasteiger partial charge is 0.401 e. The molecule has 0 radical (unpaired) electrons. The van der Waals surface area contributed by atoms with Crippen molar-refractivity contribution in [2.45, 2.75) is 53.4 Å². The Morgan fingerprint density at radius 3 is 2.56 bits per heavy atom. The van der Waals surface area contributed by atoms with Crippen LogP contribution in [0.4, 0.5) is 0 Å². The van der Waals surface area contributed by atoms with E-state index in [1.165, 1.54) is 0 Å². The van der Waals surface area contributed by atoms with E-state index < -0.39 is 0 Å². The van der Waals surface area contributed by atoms with E-state index in [1.54, 1.807) is 0 Å². The lowest BCUT2D eigenvalue weighted by atomic mass is 9.74. The molecule has 1 aliphatic rings. The summed E-state index contributed by atoms with van der Waals surface area (Å²) in [5.74, 6) is 0.0932. The third-order valence-corrected chi connectivity index (χ3v) is 2.99. The standard InChI is InChI=1S/C14H24N2O2/c1-5-7-11(16-18-6-2)13-10(15)8-14(3,4)9-12(13)17/h5-9,15H2,1-4H3. The Morgan fingerprint density at radius 1 is 1.39 bits per heavy atom. The van der Waals surface area contributed by atoms with Crippen LogP contribution in [0.25, 0.3) is 0 Å². The van der Waals surface area contributed by atoms with Gasteiger partial charge in [0.05, 0.1) is 11.3 Å². The van der Waals surface area contributed by atoms with Gasteiger partial charge in [-0.3, -0.25) is 4.79 Å². The van der Waals surface area contributed by atoms with Crippen LogP contribution in [0.3, 0.4) is 0 Å². The number of carbonyl (C=O) groups excluding carboxylic acids is 1. The SMILES string of the molecule is CCCC(=NOCC)C1=C(N)CC(C)(C)CC1=O. The first-order chi connectivity index (χ1) is 8.41. The van der Waals surface area contributed by atoms with Crippen LogP contribution < -0.4 is 5.73 Å². The average molecular weight is 252 g/mol. The zero-order chi connectivity index (χ0) is 13.8. The van der Waals surface area contributed by atoms with E-state index in [1.807, 2.05) is 6.92 Å². The fourth-order valence-electron chi connectivity index (χ4n) is 2.31. The van der Waals surface area contributed by atoms with Crippen molar-refractivity contribution in [2.75, 3.05) is 6.61 Å². The zero-order valence-electron chi connectivity index (χ0n) is 11.9. The predicted octanol–water partition coefficient (Wildman–Crippen LogP) is 2.78. The molecule has 0 aromatic heterocycles. The topological polar surface area (TPSA) is 64.7 Å². The maximum atomic E-state index is 12.2. The molecule has 102 valence electrons. The number of oxime groups is 1. The monoisotopic (exact) mass is 252 g/mol. The molecule has 0 aromatic rings. The molecule has 4 heteroatoms. The number of ketones is 1. The van der Waals surface area contributed by atoms with Gasteiger partial charge in [0, 0.05) is 12.1 Å². The van der Waals surface area contributed by atoms with Gasteiger partial charge in [-0.1, -0.05) is 32.3 Å². The molecule has 0 saturated heterocycles. The highest BCUT2D eigenvalue weighted by atomic mass is 16.6. The van der Waals surface area contributed by atoms with E-state index in [9.17, 15) is 4.79 Å². The van der Waals surface area contributed by atoms with E-state index in [-0.39, 0.29) is 11.2 Å². The number of hydrogen-bond donors (Lipinski definition) is 1. The molecule has 0 saturated carbocycles. The summed E-state index contributed by atoms with van der Waals surface area (Å²) in [6.07, 6.45) is 2.91. The second kappa shape index (κ2) is 6.03.